The maximum atomic E-state index is 11.7. The van der Waals surface area contributed by atoms with Crippen molar-refractivity contribution in [2.24, 2.45) is 0 Å². The molecule has 18 heavy (non-hydrogen) atoms. The van der Waals surface area contributed by atoms with E-state index in [2.05, 4.69) is 21.3 Å². The van der Waals surface area contributed by atoms with Gasteiger partial charge in [0.1, 0.15) is 0 Å². The number of hydrogen-bond acceptors (Lipinski definition) is 3. The highest BCUT2D eigenvalue weighted by atomic mass is 35.5. The van der Waals surface area contributed by atoms with Crippen LogP contribution in [0.25, 0.3) is 0 Å². The molecule has 5 nitrogen and oxygen atoms in total. The van der Waals surface area contributed by atoms with E-state index in [1.807, 2.05) is 0 Å². The molecule has 0 aromatic heterocycles. The van der Waals surface area contributed by atoms with Gasteiger partial charge in [-0.2, -0.15) is 0 Å². The number of nitrogens with one attached hydrogen (secondary N) is 4. The van der Waals surface area contributed by atoms with Crippen molar-refractivity contribution >= 4 is 30.8 Å². The summed E-state index contributed by atoms with van der Waals surface area (Å²) < 4.78 is 0. The van der Waals surface area contributed by atoms with Crippen LogP contribution in [0.3, 0.4) is 0 Å². The summed E-state index contributed by atoms with van der Waals surface area (Å²) in [7, 11) is 0. The fourth-order valence-electron chi connectivity index (χ4n) is 2.36. The van der Waals surface area contributed by atoms with Crippen molar-refractivity contribution in [2.45, 2.75) is 37.8 Å². The molecule has 108 valence electrons. The van der Waals surface area contributed by atoms with Crippen molar-refractivity contribution in [1.29, 1.82) is 0 Å². The van der Waals surface area contributed by atoms with Gasteiger partial charge in [0.15, 0.2) is 0 Å². The molecule has 2 aliphatic rings. The van der Waals surface area contributed by atoms with Gasteiger partial charge in [-0.3, -0.25) is 0 Å². The fraction of sp³-hybridized carbons (Fsp3) is 0.909. The number of rotatable bonds is 2. The third kappa shape index (κ3) is 6.09. The molecule has 2 unspecified atom stereocenters. The Hall–Kier alpha value is -0.230. The molecule has 2 aliphatic heterocycles. The van der Waals surface area contributed by atoms with Crippen LogP contribution in [0, 0.1) is 0 Å². The Labute approximate surface area is 121 Å². The van der Waals surface area contributed by atoms with Crippen molar-refractivity contribution in [1.82, 2.24) is 21.3 Å². The average molecular weight is 299 g/mol. The first kappa shape index (κ1) is 17.8. The lowest BCUT2D eigenvalue weighted by atomic mass is 10.1. The van der Waals surface area contributed by atoms with E-state index in [1.165, 1.54) is 0 Å². The second kappa shape index (κ2) is 9.67. The highest BCUT2D eigenvalue weighted by Crippen LogP contribution is 2.03. The van der Waals surface area contributed by atoms with Gasteiger partial charge < -0.3 is 21.3 Å². The second-order valence-corrected chi connectivity index (χ2v) is 4.70. The van der Waals surface area contributed by atoms with Crippen LogP contribution in [0.1, 0.15) is 25.7 Å². The molecule has 2 amide bonds. The van der Waals surface area contributed by atoms with Gasteiger partial charge in [-0.1, -0.05) is 0 Å². The number of carbonyl (C=O) groups excluding carboxylic acids is 1. The number of halogens is 2. The van der Waals surface area contributed by atoms with Gasteiger partial charge in [0.05, 0.1) is 0 Å². The number of urea groups is 1. The number of amides is 2. The van der Waals surface area contributed by atoms with Crippen molar-refractivity contribution < 1.29 is 4.79 Å². The van der Waals surface area contributed by atoms with Crippen LogP contribution < -0.4 is 21.3 Å². The van der Waals surface area contributed by atoms with E-state index in [1.54, 1.807) is 0 Å². The Balaban J connectivity index is 0.00000144. The molecule has 4 N–H and O–H groups in total. The van der Waals surface area contributed by atoms with E-state index in [9.17, 15) is 4.79 Å². The molecule has 2 saturated heterocycles. The standard InChI is InChI=1S/C11H22N4O.2ClH/c16-11(14-9-3-1-5-12-7-9)15-10-4-2-6-13-8-10;;/h9-10,12-13H,1-8H2,(H2,14,15,16);2*1H. The van der Waals surface area contributed by atoms with Crippen LogP contribution in [0.15, 0.2) is 0 Å². The van der Waals surface area contributed by atoms with Crippen LogP contribution >= 0.6 is 24.8 Å². The van der Waals surface area contributed by atoms with Gasteiger partial charge in [0.2, 0.25) is 0 Å². The Morgan fingerprint density at radius 2 is 1.33 bits per heavy atom. The molecule has 0 aromatic carbocycles. The molecule has 0 aliphatic carbocycles. The number of carbonyl (C=O) groups is 1. The Bertz CT molecular complexity index is 209. The van der Waals surface area contributed by atoms with Crippen molar-refractivity contribution in [3.63, 3.8) is 0 Å². The van der Waals surface area contributed by atoms with E-state index in [0.717, 1.165) is 51.9 Å². The van der Waals surface area contributed by atoms with E-state index in [-0.39, 0.29) is 30.8 Å². The first-order valence-corrected chi connectivity index (χ1v) is 6.33. The quantitative estimate of drug-likeness (QED) is 0.605. The number of piperidine rings is 2. The van der Waals surface area contributed by atoms with Gasteiger partial charge >= 0.3 is 6.03 Å². The van der Waals surface area contributed by atoms with Crippen LogP contribution in [0.4, 0.5) is 4.79 Å². The van der Waals surface area contributed by atoms with E-state index in [0.29, 0.717) is 12.1 Å². The smallest absolute Gasteiger partial charge is 0.315 e. The summed E-state index contributed by atoms with van der Waals surface area (Å²) in [6, 6.07) is 0.581. The molecule has 2 rings (SSSR count). The minimum absolute atomic E-state index is 0. The zero-order chi connectivity index (χ0) is 11.2. The summed E-state index contributed by atoms with van der Waals surface area (Å²) >= 11 is 0. The van der Waals surface area contributed by atoms with Gasteiger partial charge in [-0.15, -0.1) is 24.8 Å². The molecule has 2 heterocycles. The molecule has 2 fully saturated rings. The summed E-state index contributed by atoms with van der Waals surface area (Å²) in [5, 5.41) is 12.6. The van der Waals surface area contributed by atoms with E-state index in [4.69, 9.17) is 0 Å². The largest absolute Gasteiger partial charge is 0.334 e. The lowest BCUT2D eigenvalue weighted by Gasteiger charge is -2.27. The van der Waals surface area contributed by atoms with Crippen LogP contribution in [0.2, 0.25) is 0 Å². The SMILES string of the molecule is Cl.Cl.O=C(NC1CCCNC1)NC1CCCNC1. The van der Waals surface area contributed by atoms with Crippen LogP contribution in [-0.2, 0) is 0 Å². The maximum Gasteiger partial charge on any atom is 0.315 e. The molecule has 0 aromatic rings. The van der Waals surface area contributed by atoms with Gasteiger partial charge in [0.25, 0.3) is 0 Å². The molecule has 2 atom stereocenters. The molecule has 0 radical (unpaired) electrons. The minimum atomic E-state index is -0.0117. The topological polar surface area (TPSA) is 65.2 Å². The van der Waals surface area contributed by atoms with E-state index >= 15 is 0 Å². The molecule has 0 spiro atoms. The molecule has 7 heteroatoms. The van der Waals surface area contributed by atoms with Gasteiger partial charge in [-0.25, -0.2) is 4.79 Å². The highest BCUT2D eigenvalue weighted by Gasteiger charge is 2.18. The van der Waals surface area contributed by atoms with Crippen molar-refractivity contribution in [3.05, 3.63) is 0 Å². The van der Waals surface area contributed by atoms with Gasteiger partial charge in [0, 0.05) is 25.2 Å². The predicted octanol–water partition coefficient (Wildman–Crippen LogP) is 0.633. The van der Waals surface area contributed by atoms with E-state index < -0.39 is 0 Å². The van der Waals surface area contributed by atoms with Crippen molar-refractivity contribution in [2.75, 3.05) is 26.2 Å². The summed E-state index contributed by atoms with van der Waals surface area (Å²) in [4.78, 5) is 11.7. The number of hydrogen-bond donors (Lipinski definition) is 4. The molecule has 0 bridgehead atoms. The Morgan fingerprint density at radius 1 is 0.889 bits per heavy atom. The first-order chi connectivity index (χ1) is 7.84. The zero-order valence-corrected chi connectivity index (χ0v) is 12.2. The second-order valence-electron chi connectivity index (χ2n) is 4.70. The predicted molar refractivity (Wildman–Crippen MR) is 77.9 cm³/mol. The Kier molecular flexibility index (Phi) is 9.54. The fourth-order valence-corrected chi connectivity index (χ4v) is 2.36. The molecular weight excluding hydrogens is 275 g/mol. The molecule has 0 saturated carbocycles. The normalized spacial score (nSPS) is 27.3. The average Bonchev–Trinajstić information content (AvgIpc) is 2.31. The Morgan fingerprint density at radius 3 is 1.67 bits per heavy atom. The lowest BCUT2D eigenvalue weighted by Crippen LogP contribution is -2.53. The first-order valence-electron chi connectivity index (χ1n) is 6.33. The van der Waals surface area contributed by atoms with Crippen LogP contribution in [0.5, 0.6) is 0 Å². The van der Waals surface area contributed by atoms with Crippen LogP contribution in [-0.4, -0.2) is 44.3 Å². The van der Waals surface area contributed by atoms with Crippen molar-refractivity contribution in [3.8, 4) is 0 Å². The monoisotopic (exact) mass is 298 g/mol. The summed E-state index contributed by atoms with van der Waals surface area (Å²) in [5.74, 6) is 0. The maximum absolute atomic E-state index is 11.7. The van der Waals surface area contributed by atoms with Gasteiger partial charge in [-0.05, 0) is 38.8 Å². The summed E-state index contributed by atoms with van der Waals surface area (Å²) in [5.41, 5.74) is 0. The minimum Gasteiger partial charge on any atom is -0.334 e. The lowest BCUT2D eigenvalue weighted by molar-refractivity contribution is 0.227. The summed E-state index contributed by atoms with van der Waals surface area (Å²) in [6.45, 7) is 3.95. The highest BCUT2D eigenvalue weighted by molar-refractivity contribution is 5.85. The summed E-state index contributed by atoms with van der Waals surface area (Å²) in [6.07, 6.45) is 4.47. The third-order valence-electron chi connectivity index (χ3n) is 3.26. The molecular formula is C11H24Cl2N4O. The zero-order valence-electron chi connectivity index (χ0n) is 10.5. The third-order valence-corrected chi connectivity index (χ3v) is 3.26.